The third-order valence-electron chi connectivity index (χ3n) is 4.57. The van der Waals surface area contributed by atoms with E-state index in [1.807, 2.05) is 48.5 Å². The quantitative estimate of drug-likeness (QED) is 0.480. The summed E-state index contributed by atoms with van der Waals surface area (Å²) in [5.74, 6) is 1.30. The van der Waals surface area contributed by atoms with Crippen LogP contribution in [0.15, 0.2) is 54.7 Å². The minimum atomic E-state index is -0.206. The van der Waals surface area contributed by atoms with Crippen LogP contribution in [-0.4, -0.2) is 35.3 Å². The number of amides is 1. The molecule has 1 amide bonds. The Kier molecular flexibility index (Phi) is 4.72. The molecule has 0 aliphatic carbocycles. The highest BCUT2D eigenvalue weighted by atomic mass is 16.5. The van der Waals surface area contributed by atoms with Crippen LogP contribution in [0.2, 0.25) is 0 Å². The van der Waals surface area contributed by atoms with E-state index in [9.17, 15) is 4.79 Å². The minimum absolute atomic E-state index is 0.206. The van der Waals surface area contributed by atoms with Crippen molar-refractivity contribution in [2.45, 2.75) is 6.54 Å². The van der Waals surface area contributed by atoms with Gasteiger partial charge in [0.1, 0.15) is 11.5 Å². The van der Waals surface area contributed by atoms with E-state index in [2.05, 4.69) is 20.5 Å². The summed E-state index contributed by atoms with van der Waals surface area (Å²) in [6.45, 7) is 0.374. The van der Waals surface area contributed by atoms with Gasteiger partial charge in [-0.2, -0.15) is 5.10 Å². The summed E-state index contributed by atoms with van der Waals surface area (Å²) in [5, 5.41) is 10.9. The first-order valence-corrected chi connectivity index (χ1v) is 8.79. The van der Waals surface area contributed by atoms with Gasteiger partial charge in [0.2, 0.25) is 0 Å². The van der Waals surface area contributed by atoms with Crippen LogP contribution in [-0.2, 0) is 6.54 Å². The van der Waals surface area contributed by atoms with Crippen molar-refractivity contribution in [3.05, 3.63) is 66.0 Å². The number of nitrogens with zero attached hydrogens (tertiary/aromatic N) is 1. The van der Waals surface area contributed by atoms with E-state index in [0.29, 0.717) is 23.6 Å². The molecule has 142 valence electrons. The Labute approximate surface area is 161 Å². The average Bonchev–Trinajstić information content (AvgIpc) is 3.38. The number of ether oxygens (including phenoxy) is 2. The Balaban J connectivity index is 1.51. The Morgan fingerprint density at radius 2 is 1.89 bits per heavy atom. The fourth-order valence-corrected chi connectivity index (χ4v) is 3.12. The molecule has 28 heavy (non-hydrogen) atoms. The van der Waals surface area contributed by atoms with Crippen LogP contribution in [0.25, 0.3) is 22.2 Å². The largest absolute Gasteiger partial charge is 0.497 e. The summed E-state index contributed by atoms with van der Waals surface area (Å²) in [6.07, 6.45) is 1.53. The van der Waals surface area contributed by atoms with Crippen molar-refractivity contribution in [3.8, 4) is 22.8 Å². The van der Waals surface area contributed by atoms with Crippen LogP contribution >= 0.6 is 0 Å². The van der Waals surface area contributed by atoms with Gasteiger partial charge in [0.05, 0.1) is 38.2 Å². The summed E-state index contributed by atoms with van der Waals surface area (Å²) < 4.78 is 10.5. The highest BCUT2D eigenvalue weighted by Gasteiger charge is 2.16. The van der Waals surface area contributed by atoms with Crippen molar-refractivity contribution in [1.82, 2.24) is 20.5 Å². The van der Waals surface area contributed by atoms with Crippen molar-refractivity contribution < 1.29 is 14.3 Å². The highest BCUT2D eigenvalue weighted by Crippen LogP contribution is 2.25. The second-order valence-corrected chi connectivity index (χ2v) is 6.32. The molecule has 0 saturated carbocycles. The van der Waals surface area contributed by atoms with Crippen LogP contribution in [0.3, 0.4) is 0 Å². The molecular weight excluding hydrogens is 356 g/mol. The zero-order chi connectivity index (χ0) is 19.5. The molecule has 3 N–H and O–H groups in total. The number of rotatable bonds is 6. The molecule has 7 nitrogen and oxygen atoms in total. The van der Waals surface area contributed by atoms with Crippen molar-refractivity contribution in [2.24, 2.45) is 0 Å². The van der Waals surface area contributed by atoms with Gasteiger partial charge in [0.25, 0.3) is 5.91 Å². The molecule has 7 heteroatoms. The van der Waals surface area contributed by atoms with Crippen LogP contribution in [0.1, 0.15) is 16.1 Å². The van der Waals surface area contributed by atoms with E-state index < -0.39 is 0 Å². The van der Waals surface area contributed by atoms with E-state index in [-0.39, 0.29) is 5.91 Å². The molecule has 0 fully saturated rings. The predicted molar refractivity (Wildman–Crippen MR) is 107 cm³/mol. The van der Waals surface area contributed by atoms with Gasteiger partial charge < -0.3 is 19.8 Å². The van der Waals surface area contributed by atoms with Gasteiger partial charge in [0, 0.05) is 22.2 Å². The number of carbonyl (C=O) groups is 1. The van der Waals surface area contributed by atoms with E-state index in [1.54, 1.807) is 14.2 Å². The fraction of sp³-hybridized carbons (Fsp3) is 0.143. The van der Waals surface area contributed by atoms with Gasteiger partial charge >= 0.3 is 0 Å². The maximum Gasteiger partial charge on any atom is 0.255 e. The SMILES string of the molecule is COc1cccc(-c2[nH]ncc2C(=O)NCc2cc3cc(OC)ccc3[nH]2)c1. The Morgan fingerprint density at radius 1 is 1.07 bits per heavy atom. The van der Waals surface area contributed by atoms with Crippen molar-refractivity contribution >= 4 is 16.8 Å². The van der Waals surface area contributed by atoms with E-state index in [0.717, 1.165) is 27.9 Å². The van der Waals surface area contributed by atoms with E-state index in [4.69, 9.17) is 9.47 Å². The van der Waals surface area contributed by atoms with Gasteiger partial charge in [-0.3, -0.25) is 9.89 Å². The molecule has 4 rings (SSSR count). The number of carbonyl (C=O) groups excluding carboxylic acids is 1. The van der Waals surface area contributed by atoms with Gasteiger partial charge in [-0.05, 0) is 36.4 Å². The topological polar surface area (TPSA) is 92.0 Å². The number of hydrogen-bond donors (Lipinski definition) is 3. The van der Waals surface area contributed by atoms with Gasteiger partial charge in [-0.15, -0.1) is 0 Å². The number of H-pyrrole nitrogens is 2. The first-order chi connectivity index (χ1) is 13.7. The highest BCUT2D eigenvalue weighted by molar-refractivity contribution is 5.99. The number of benzene rings is 2. The zero-order valence-electron chi connectivity index (χ0n) is 15.6. The third kappa shape index (κ3) is 3.42. The lowest BCUT2D eigenvalue weighted by atomic mass is 10.1. The molecule has 0 atom stereocenters. The van der Waals surface area contributed by atoms with Crippen LogP contribution in [0.5, 0.6) is 11.5 Å². The molecule has 0 spiro atoms. The molecule has 0 bridgehead atoms. The lowest BCUT2D eigenvalue weighted by Crippen LogP contribution is -2.23. The second kappa shape index (κ2) is 7.48. The molecule has 0 aliphatic heterocycles. The van der Waals surface area contributed by atoms with Crippen molar-refractivity contribution in [1.29, 1.82) is 0 Å². The Bertz CT molecular complexity index is 1130. The molecule has 2 heterocycles. The number of aromatic amines is 2. The van der Waals surface area contributed by atoms with E-state index >= 15 is 0 Å². The molecule has 2 aromatic heterocycles. The lowest BCUT2D eigenvalue weighted by Gasteiger charge is -2.06. The van der Waals surface area contributed by atoms with Crippen molar-refractivity contribution in [3.63, 3.8) is 0 Å². The molecule has 4 aromatic rings. The third-order valence-corrected chi connectivity index (χ3v) is 4.57. The molecular formula is C21H20N4O3. The number of hydrogen-bond acceptors (Lipinski definition) is 4. The summed E-state index contributed by atoms with van der Waals surface area (Å²) in [4.78, 5) is 16.0. The van der Waals surface area contributed by atoms with Gasteiger partial charge in [-0.1, -0.05) is 12.1 Å². The van der Waals surface area contributed by atoms with Crippen molar-refractivity contribution in [2.75, 3.05) is 14.2 Å². The standard InChI is InChI=1S/C21H20N4O3/c1-27-16-5-3-4-13(9-16)20-18(12-23-25-20)21(26)22-11-15-8-14-10-17(28-2)6-7-19(14)24-15/h3-10,12,24H,11H2,1-2H3,(H,22,26)(H,23,25). The van der Waals surface area contributed by atoms with Crippen LogP contribution < -0.4 is 14.8 Å². The number of methoxy groups -OCH3 is 2. The fourth-order valence-electron chi connectivity index (χ4n) is 3.12. The summed E-state index contributed by atoms with van der Waals surface area (Å²) >= 11 is 0. The Morgan fingerprint density at radius 3 is 2.71 bits per heavy atom. The van der Waals surface area contributed by atoms with Crippen LogP contribution in [0.4, 0.5) is 0 Å². The average molecular weight is 376 g/mol. The monoisotopic (exact) mass is 376 g/mol. The maximum atomic E-state index is 12.7. The molecule has 0 aliphatic rings. The second-order valence-electron chi connectivity index (χ2n) is 6.32. The lowest BCUT2D eigenvalue weighted by molar-refractivity contribution is 0.0951. The zero-order valence-corrected chi connectivity index (χ0v) is 15.6. The maximum absolute atomic E-state index is 12.7. The summed E-state index contributed by atoms with van der Waals surface area (Å²) in [6, 6.07) is 15.3. The summed E-state index contributed by atoms with van der Waals surface area (Å²) in [5.41, 5.74) is 3.86. The summed E-state index contributed by atoms with van der Waals surface area (Å²) in [7, 11) is 3.25. The smallest absolute Gasteiger partial charge is 0.255 e. The molecule has 0 radical (unpaired) electrons. The number of aromatic nitrogens is 3. The Hall–Kier alpha value is -3.74. The number of fused-ring (bicyclic) bond motifs is 1. The molecule has 0 saturated heterocycles. The number of nitrogens with one attached hydrogen (secondary N) is 3. The molecule has 2 aromatic carbocycles. The normalized spacial score (nSPS) is 10.8. The predicted octanol–water partition coefficient (Wildman–Crippen LogP) is 3.51. The van der Waals surface area contributed by atoms with Gasteiger partial charge in [0.15, 0.2) is 0 Å². The van der Waals surface area contributed by atoms with Gasteiger partial charge in [-0.25, -0.2) is 0 Å². The minimum Gasteiger partial charge on any atom is -0.497 e. The first-order valence-electron chi connectivity index (χ1n) is 8.79. The van der Waals surface area contributed by atoms with Crippen LogP contribution in [0, 0.1) is 0 Å². The van der Waals surface area contributed by atoms with E-state index in [1.165, 1.54) is 6.20 Å². The molecule has 0 unspecified atom stereocenters. The first kappa shape index (κ1) is 17.7.